The van der Waals surface area contributed by atoms with Gasteiger partial charge in [0.15, 0.2) is 0 Å². The molecule has 2 aromatic carbocycles. The molecule has 0 spiro atoms. The first kappa shape index (κ1) is 15.3. The summed E-state index contributed by atoms with van der Waals surface area (Å²) in [5.74, 6) is -0.266. The summed E-state index contributed by atoms with van der Waals surface area (Å²) in [6, 6.07) is 17.1. The normalized spacial score (nSPS) is 11.4. The van der Waals surface area contributed by atoms with Crippen LogP contribution in [0.3, 0.4) is 0 Å². The highest BCUT2D eigenvalue weighted by Crippen LogP contribution is 2.26. The lowest BCUT2D eigenvalue weighted by atomic mass is 9.99. The maximum absolute atomic E-state index is 12.9. The molecular weight excluding hydrogens is 352 g/mol. The number of aromatic amines is 1. The number of para-hydroxylation sites is 1. The van der Waals surface area contributed by atoms with Crippen LogP contribution in [0.2, 0.25) is 0 Å². The van der Waals surface area contributed by atoms with E-state index in [1.165, 1.54) is 0 Å². The second kappa shape index (κ2) is 6.23. The molecule has 1 heterocycles. The molecule has 0 atom stereocenters. The Balaban J connectivity index is 2.12. The zero-order valence-corrected chi connectivity index (χ0v) is 14.0. The van der Waals surface area contributed by atoms with Gasteiger partial charge in [-0.05, 0) is 30.7 Å². The number of nitrogens with one attached hydrogen (secondary N) is 1. The number of hydrogen-bond acceptors (Lipinski definition) is 2. The number of ketones is 1. The minimum absolute atomic E-state index is 0.116. The predicted octanol–water partition coefficient (Wildman–Crippen LogP) is 5.03. The highest BCUT2D eigenvalue weighted by molar-refractivity contribution is 9.10. The minimum Gasteiger partial charge on any atom is -0.358 e. The van der Waals surface area contributed by atoms with E-state index in [2.05, 4.69) is 20.9 Å². The molecule has 0 aliphatic rings. The van der Waals surface area contributed by atoms with Gasteiger partial charge in [-0.3, -0.25) is 4.79 Å². The molecular formula is C19H13BrN2O. The Morgan fingerprint density at radius 3 is 2.61 bits per heavy atom. The van der Waals surface area contributed by atoms with E-state index in [1.807, 2.05) is 61.5 Å². The fourth-order valence-electron chi connectivity index (χ4n) is 2.60. The quantitative estimate of drug-likeness (QED) is 0.402. The van der Waals surface area contributed by atoms with Crippen LogP contribution in [0.15, 0.2) is 58.6 Å². The summed E-state index contributed by atoms with van der Waals surface area (Å²) in [5.41, 5.74) is 3.14. The zero-order valence-electron chi connectivity index (χ0n) is 12.4. The topological polar surface area (TPSA) is 56.6 Å². The van der Waals surface area contributed by atoms with Gasteiger partial charge >= 0.3 is 0 Å². The Hall–Kier alpha value is -2.64. The molecule has 0 bridgehead atoms. The number of hydrogen-bond donors (Lipinski definition) is 1. The number of carbonyl (C=O) groups is 1. The second-order valence-corrected chi connectivity index (χ2v) is 6.05. The van der Waals surface area contributed by atoms with Crippen LogP contribution in [0, 0.1) is 18.3 Å². The Bertz CT molecular complexity index is 976. The highest BCUT2D eigenvalue weighted by atomic mass is 79.9. The van der Waals surface area contributed by atoms with Crippen LogP contribution in [-0.2, 0) is 0 Å². The summed E-state index contributed by atoms with van der Waals surface area (Å²) in [6.07, 6.45) is 1.62. The zero-order chi connectivity index (χ0) is 16.4. The van der Waals surface area contributed by atoms with Gasteiger partial charge in [0.2, 0.25) is 5.78 Å². The maximum Gasteiger partial charge on any atom is 0.205 e. The van der Waals surface area contributed by atoms with Crippen LogP contribution in [0.5, 0.6) is 0 Å². The third kappa shape index (κ3) is 2.84. The average Bonchev–Trinajstić information content (AvgIpc) is 2.89. The van der Waals surface area contributed by atoms with Crippen LogP contribution in [0.1, 0.15) is 21.6 Å². The molecule has 4 heteroatoms. The highest BCUT2D eigenvalue weighted by Gasteiger charge is 2.19. The van der Waals surface area contributed by atoms with Crippen molar-refractivity contribution in [2.45, 2.75) is 6.92 Å². The molecule has 0 aliphatic carbocycles. The van der Waals surface area contributed by atoms with Gasteiger partial charge in [-0.1, -0.05) is 52.3 Å². The van der Waals surface area contributed by atoms with Crippen LogP contribution < -0.4 is 0 Å². The molecule has 3 nitrogen and oxygen atoms in total. The Morgan fingerprint density at radius 2 is 1.87 bits per heavy atom. The van der Waals surface area contributed by atoms with Crippen LogP contribution in [-0.4, -0.2) is 10.8 Å². The summed E-state index contributed by atoms with van der Waals surface area (Å²) in [6.45, 7) is 1.85. The van der Waals surface area contributed by atoms with E-state index in [1.54, 1.807) is 6.08 Å². The van der Waals surface area contributed by atoms with E-state index in [0.717, 1.165) is 26.6 Å². The number of fused-ring (bicyclic) bond motifs is 1. The number of nitrogens with zero attached hydrogens (tertiary/aromatic N) is 1. The van der Waals surface area contributed by atoms with Crippen molar-refractivity contribution in [2.24, 2.45) is 0 Å². The van der Waals surface area contributed by atoms with Crippen molar-refractivity contribution < 1.29 is 4.79 Å². The van der Waals surface area contributed by atoms with Crippen molar-refractivity contribution in [3.05, 3.63) is 75.4 Å². The lowest BCUT2D eigenvalue weighted by Crippen LogP contribution is -2.03. The van der Waals surface area contributed by atoms with E-state index in [0.29, 0.717) is 5.56 Å². The smallest absolute Gasteiger partial charge is 0.205 e. The molecule has 0 unspecified atom stereocenters. The number of halogens is 1. The van der Waals surface area contributed by atoms with Gasteiger partial charge in [0, 0.05) is 21.1 Å². The molecule has 0 saturated carbocycles. The summed E-state index contributed by atoms with van der Waals surface area (Å²) in [7, 11) is 0. The number of benzene rings is 2. The summed E-state index contributed by atoms with van der Waals surface area (Å²) < 4.78 is 0.844. The molecule has 112 valence electrons. The van der Waals surface area contributed by atoms with E-state index in [9.17, 15) is 10.1 Å². The van der Waals surface area contributed by atoms with Gasteiger partial charge in [-0.25, -0.2) is 0 Å². The van der Waals surface area contributed by atoms with Gasteiger partial charge < -0.3 is 4.98 Å². The van der Waals surface area contributed by atoms with Gasteiger partial charge in [0.25, 0.3) is 0 Å². The van der Waals surface area contributed by atoms with Crippen LogP contribution in [0.4, 0.5) is 0 Å². The third-order valence-electron chi connectivity index (χ3n) is 3.69. The average molecular weight is 365 g/mol. The SMILES string of the molecule is Cc1[nH]c2ccccc2c1C(=O)/C(C#N)=C/c1ccccc1Br. The van der Waals surface area contributed by atoms with Crippen molar-refractivity contribution in [1.82, 2.24) is 4.98 Å². The number of rotatable bonds is 3. The summed E-state index contributed by atoms with van der Waals surface area (Å²) >= 11 is 3.43. The van der Waals surface area contributed by atoms with Crippen LogP contribution >= 0.6 is 15.9 Å². The molecule has 0 fully saturated rings. The van der Waals surface area contributed by atoms with Gasteiger partial charge in [0.05, 0.1) is 5.56 Å². The molecule has 23 heavy (non-hydrogen) atoms. The molecule has 3 rings (SSSR count). The molecule has 3 aromatic rings. The predicted molar refractivity (Wildman–Crippen MR) is 95.1 cm³/mol. The van der Waals surface area contributed by atoms with E-state index < -0.39 is 0 Å². The summed E-state index contributed by atoms with van der Waals surface area (Å²) in [4.78, 5) is 16.1. The lowest BCUT2D eigenvalue weighted by molar-refractivity contribution is 0.104. The molecule has 0 amide bonds. The Morgan fingerprint density at radius 1 is 1.17 bits per heavy atom. The molecule has 0 aliphatic heterocycles. The maximum atomic E-state index is 12.9. The molecule has 0 saturated heterocycles. The monoisotopic (exact) mass is 364 g/mol. The number of Topliss-reactive ketones (excluding diaryl/α,β-unsaturated/α-hetero) is 1. The minimum atomic E-state index is -0.266. The number of H-pyrrole nitrogens is 1. The number of aromatic nitrogens is 1. The lowest BCUT2D eigenvalue weighted by Gasteiger charge is -2.02. The first-order chi connectivity index (χ1) is 11.1. The van der Waals surface area contributed by atoms with Crippen molar-refractivity contribution in [3.63, 3.8) is 0 Å². The van der Waals surface area contributed by atoms with Crippen molar-refractivity contribution in [2.75, 3.05) is 0 Å². The second-order valence-electron chi connectivity index (χ2n) is 5.19. The number of nitriles is 1. The number of carbonyl (C=O) groups excluding carboxylic acids is 1. The van der Waals surface area contributed by atoms with Crippen LogP contribution in [0.25, 0.3) is 17.0 Å². The standard InChI is InChI=1S/C19H13BrN2O/c1-12-18(15-7-3-5-9-17(15)22-12)19(23)14(11-21)10-13-6-2-4-8-16(13)20/h2-10,22H,1H3/b14-10+. The Kier molecular flexibility index (Phi) is 4.14. The largest absolute Gasteiger partial charge is 0.358 e. The first-order valence-corrected chi connectivity index (χ1v) is 7.89. The number of allylic oxidation sites excluding steroid dienone is 1. The molecule has 1 N–H and O–H groups in total. The Labute approximate surface area is 142 Å². The van der Waals surface area contributed by atoms with E-state index >= 15 is 0 Å². The molecule has 1 aromatic heterocycles. The van der Waals surface area contributed by atoms with Gasteiger partial charge in [-0.2, -0.15) is 5.26 Å². The third-order valence-corrected chi connectivity index (χ3v) is 4.41. The van der Waals surface area contributed by atoms with Crippen molar-refractivity contribution in [1.29, 1.82) is 5.26 Å². The first-order valence-electron chi connectivity index (χ1n) is 7.10. The van der Waals surface area contributed by atoms with Gasteiger partial charge in [-0.15, -0.1) is 0 Å². The van der Waals surface area contributed by atoms with E-state index in [4.69, 9.17) is 0 Å². The number of aryl methyl sites for hydroxylation is 1. The summed E-state index contributed by atoms with van der Waals surface area (Å²) in [5, 5.41) is 10.3. The molecule has 0 radical (unpaired) electrons. The van der Waals surface area contributed by atoms with Crippen molar-refractivity contribution in [3.8, 4) is 6.07 Å². The van der Waals surface area contributed by atoms with Crippen molar-refractivity contribution >= 4 is 38.7 Å². The van der Waals surface area contributed by atoms with Gasteiger partial charge in [0.1, 0.15) is 11.6 Å². The van der Waals surface area contributed by atoms with E-state index in [-0.39, 0.29) is 11.4 Å². The fourth-order valence-corrected chi connectivity index (χ4v) is 3.00. The fraction of sp³-hybridized carbons (Fsp3) is 0.0526.